The summed E-state index contributed by atoms with van der Waals surface area (Å²) >= 11 is 1.72. The number of thiophene rings is 1. The predicted octanol–water partition coefficient (Wildman–Crippen LogP) is 2.84. The van der Waals surface area contributed by atoms with Gasteiger partial charge in [-0.05, 0) is 57.2 Å². The van der Waals surface area contributed by atoms with Gasteiger partial charge in [0.25, 0.3) is 5.91 Å². The van der Waals surface area contributed by atoms with Crippen molar-refractivity contribution in [3.63, 3.8) is 0 Å². The highest BCUT2D eigenvalue weighted by molar-refractivity contribution is 7.14. The Morgan fingerprint density at radius 1 is 1.40 bits per heavy atom. The number of nitrogens with zero attached hydrogens (tertiary/aromatic N) is 1. The SMILES string of the molecule is CCN(CC1CCCCN1)C(=O)c1cc2c(s1)CCC2. The fraction of sp³-hybridized carbons (Fsp3) is 0.688. The molecule has 1 amide bonds. The molecule has 1 unspecified atom stereocenters. The quantitative estimate of drug-likeness (QED) is 0.925. The minimum absolute atomic E-state index is 0.235. The molecular formula is C16H24N2OS. The van der Waals surface area contributed by atoms with Crippen molar-refractivity contribution in [2.24, 2.45) is 0 Å². The van der Waals surface area contributed by atoms with Crippen molar-refractivity contribution < 1.29 is 4.79 Å². The number of carbonyl (C=O) groups is 1. The van der Waals surface area contributed by atoms with Crippen LogP contribution in [-0.4, -0.2) is 36.5 Å². The summed E-state index contributed by atoms with van der Waals surface area (Å²) in [5.74, 6) is 0.235. The van der Waals surface area contributed by atoms with Crippen LogP contribution in [0.15, 0.2) is 6.07 Å². The van der Waals surface area contributed by atoms with Crippen molar-refractivity contribution >= 4 is 17.2 Å². The number of fused-ring (bicyclic) bond motifs is 1. The Morgan fingerprint density at radius 3 is 3.00 bits per heavy atom. The first-order valence-corrected chi connectivity index (χ1v) is 8.74. The smallest absolute Gasteiger partial charge is 0.263 e. The molecule has 3 rings (SSSR count). The summed E-state index contributed by atoms with van der Waals surface area (Å²) in [5, 5.41) is 3.54. The van der Waals surface area contributed by atoms with Crippen LogP contribution in [-0.2, 0) is 12.8 Å². The first-order valence-electron chi connectivity index (χ1n) is 7.92. The van der Waals surface area contributed by atoms with Gasteiger partial charge < -0.3 is 10.2 Å². The van der Waals surface area contributed by atoms with E-state index in [-0.39, 0.29) is 5.91 Å². The second-order valence-corrected chi connectivity index (χ2v) is 7.04. The highest BCUT2D eigenvalue weighted by Crippen LogP contribution is 2.31. The molecule has 20 heavy (non-hydrogen) atoms. The molecule has 110 valence electrons. The maximum absolute atomic E-state index is 12.7. The Morgan fingerprint density at radius 2 is 2.30 bits per heavy atom. The van der Waals surface area contributed by atoms with Crippen LogP contribution in [0, 0.1) is 0 Å². The molecule has 2 aliphatic rings. The molecule has 3 nitrogen and oxygen atoms in total. The third-order valence-electron chi connectivity index (χ3n) is 4.48. The van der Waals surface area contributed by atoms with E-state index >= 15 is 0 Å². The number of amides is 1. The summed E-state index contributed by atoms with van der Waals surface area (Å²) in [7, 11) is 0. The second-order valence-electron chi connectivity index (χ2n) is 5.90. The van der Waals surface area contributed by atoms with Gasteiger partial charge >= 0.3 is 0 Å². The molecule has 1 aliphatic heterocycles. The largest absolute Gasteiger partial charge is 0.337 e. The summed E-state index contributed by atoms with van der Waals surface area (Å²) in [6, 6.07) is 2.63. The van der Waals surface area contributed by atoms with Crippen molar-refractivity contribution in [3.8, 4) is 0 Å². The van der Waals surface area contributed by atoms with E-state index < -0.39 is 0 Å². The molecule has 0 radical (unpaired) electrons. The van der Waals surface area contributed by atoms with Crippen LogP contribution < -0.4 is 5.32 Å². The van der Waals surface area contributed by atoms with Crippen LogP contribution in [0.4, 0.5) is 0 Å². The molecule has 1 saturated heterocycles. The topological polar surface area (TPSA) is 32.3 Å². The fourth-order valence-corrected chi connectivity index (χ4v) is 4.51. The van der Waals surface area contributed by atoms with Gasteiger partial charge in [-0.15, -0.1) is 11.3 Å². The molecule has 1 N–H and O–H groups in total. The van der Waals surface area contributed by atoms with E-state index in [1.165, 1.54) is 42.5 Å². The zero-order chi connectivity index (χ0) is 13.9. The van der Waals surface area contributed by atoms with Gasteiger partial charge in [0.05, 0.1) is 4.88 Å². The van der Waals surface area contributed by atoms with Gasteiger partial charge in [-0.1, -0.05) is 6.42 Å². The van der Waals surface area contributed by atoms with E-state index in [1.54, 1.807) is 11.3 Å². The number of piperidine rings is 1. The average molecular weight is 292 g/mol. The van der Waals surface area contributed by atoms with E-state index in [2.05, 4.69) is 18.3 Å². The molecule has 1 atom stereocenters. The van der Waals surface area contributed by atoms with E-state index in [0.717, 1.165) is 30.9 Å². The number of aryl methyl sites for hydroxylation is 2. The molecule has 0 saturated carbocycles. The molecule has 2 heterocycles. The number of nitrogens with one attached hydrogen (secondary N) is 1. The van der Waals surface area contributed by atoms with Crippen molar-refractivity contribution in [2.75, 3.05) is 19.6 Å². The Kier molecular flexibility index (Phi) is 4.41. The molecular weight excluding hydrogens is 268 g/mol. The maximum Gasteiger partial charge on any atom is 0.263 e. The number of hydrogen-bond donors (Lipinski definition) is 1. The normalized spacial score (nSPS) is 21.8. The zero-order valence-electron chi connectivity index (χ0n) is 12.3. The van der Waals surface area contributed by atoms with Gasteiger partial charge in [0.1, 0.15) is 0 Å². The summed E-state index contributed by atoms with van der Waals surface area (Å²) in [5.41, 5.74) is 1.42. The second kappa shape index (κ2) is 6.27. The highest BCUT2D eigenvalue weighted by atomic mass is 32.1. The van der Waals surface area contributed by atoms with Crippen molar-refractivity contribution in [2.45, 2.75) is 51.5 Å². The molecule has 0 bridgehead atoms. The lowest BCUT2D eigenvalue weighted by Crippen LogP contribution is -2.45. The van der Waals surface area contributed by atoms with E-state index in [4.69, 9.17) is 0 Å². The Bertz CT molecular complexity index is 455. The third-order valence-corrected chi connectivity index (χ3v) is 5.70. The van der Waals surface area contributed by atoms with Gasteiger partial charge in [-0.3, -0.25) is 4.79 Å². The van der Waals surface area contributed by atoms with Gasteiger partial charge in [-0.2, -0.15) is 0 Å². The van der Waals surface area contributed by atoms with Crippen molar-refractivity contribution in [1.29, 1.82) is 0 Å². The van der Waals surface area contributed by atoms with Gasteiger partial charge in [0.2, 0.25) is 0 Å². The lowest BCUT2D eigenvalue weighted by molar-refractivity contribution is 0.0746. The van der Waals surface area contributed by atoms with E-state index in [9.17, 15) is 4.79 Å². The van der Waals surface area contributed by atoms with Crippen LogP contribution in [0.1, 0.15) is 52.7 Å². The minimum atomic E-state index is 0.235. The lowest BCUT2D eigenvalue weighted by Gasteiger charge is -2.29. The molecule has 1 aromatic heterocycles. The third kappa shape index (κ3) is 2.91. The fourth-order valence-electron chi connectivity index (χ4n) is 3.29. The molecule has 0 aromatic carbocycles. The first-order chi connectivity index (χ1) is 9.78. The van der Waals surface area contributed by atoms with Gasteiger partial charge in [0, 0.05) is 24.0 Å². The number of rotatable bonds is 4. The number of likely N-dealkylation sites (N-methyl/N-ethyl adjacent to an activating group) is 1. The van der Waals surface area contributed by atoms with Crippen LogP contribution in [0.5, 0.6) is 0 Å². The summed E-state index contributed by atoms with van der Waals surface area (Å²) in [4.78, 5) is 17.1. The molecule has 0 spiro atoms. The summed E-state index contributed by atoms with van der Waals surface area (Å²) in [6.45, 7) is 4.85. The molecule has 1 aliphatic carbocycles. The average Bonchev–Trinajstić information content (AvgIpc) is 3.06. The summed E-state index contributed by atoms with van der Waals surface area (Å²) in [6.07, 6.45) is 7.35. The standard InChI is InChI=1S/C16H24N2OS/c1-2-18(11-13-7-3-4-9-17-13)16(19)15-10-12-6-5-8-14(12)20-15/h10,13,17H,2-9,11H2,1H3. The van der Waals surface area contributed by atoms with Crippen LogP contribution in [0.25, 0.3) is 0 Å². The zero-order valence-corrected chi connectivity index (χ0v) is 13.1. The van der Waals surface area contributed by atoms with Crippen molar-refractivity contribution in [3.05, 3.63) is 21.4 Å². The molecule has 1 aromatic rings. The van der Waals surface area contributed by atoms with E-state index in [0.29, 0.717) is 6.04 Å². The molecule has 1 fully saturated rings. The van der Waals surface area contributed by atoms with E-state index in [1.807, 2.05) is 4.90 Å². The first kappa shape index (κ1) is 14.1. The Hall–Kier alpha value is -0.870. The Balaban J connectivity index is 1.66. The lowest BCUT2D eigenvalue weighted by atomic mass is 10.0. The predicted molar refractivity (Wildman–Crippen MR) is 83.6 cm³/mol. The molecule has 4 heteroatoms. The van der Waals surface area contributed by atoms with Gasteiger partial charge in [0.15, 0.2) is 0 Å². The highest BCUT2D eigenvalue weighted by Gasteiger charge is 2.24. The number of hydrogen-bond acceptors (Lipinski definition) is 3. The van der Waals surface area contributed by atoms with Crippen LogP contribution in [0.3, 0.4) is 0 Å². The maximum atomic E-state index is 12.7. The van der Waals surface area contributed by atoms with Crippen molar-refractivity contribution in [1.82, 2.24) is 10.2 Å². The minimum Gasteiger partial charge on any atom is -0.337 e. The Labute approximate surface area is 125 Å². The number of carbonyl (C=O) groups excluding carboxylic acids is 1. The van der Waals surface area contributed by atoms with Gasteiger partial charge in [-0.25, -0.2) is 0 Å². The van der Waals surface area contributed by atoms with Crippen LogP contribution in [0.2, 0.25) is 0 Å². The monoisotopic (exact) mass is 292 g/mol. The van der Waals surface area contributed by atoms with Crippen LogP contribution >= 0.6 is 11.3 Å². The summed E-state index contributed by atoms with van der Waals surface area (Å²) < 4.78 is 0.